The number of carbonyl (C=O) groups excluding carboxylic acids is 1. The third-order valence-electron chi connectivity index (χ3n) is 5.85. The maximum absolute atomic E-state index is 13.1. The Hall–Kier alpha value is -1.15. The summed E-state index contributed by atoms with van der Waals surface area (Å²) in [6.07, 6.45) is 5.73. The van der Waals surface area contributed by atoms with E-state index in [9.17, 15) is 13.2 Å². The number of benzene rings is 1. The van der Waals surface area contributed by atoms with Gasteiger partial charge < -0.3 is 10.6 Å². The molecule has 2 fully saturated rings. The van der Waals surface area contributed by atoms with Gasteiger partial charge in [-0.2, -0.15) is 4.31 Å². The lowest BCUT2D eigenvalue weighted by atomic mass is 9.96. The number of hydrogen-bond acceptors (Lipinski definition) is 4. The number of carbonyl (C=O) groups is 1. The summed E-state index contributed by atoms with van der Waals surface area (Å²) < 4.78 is 27.8. The van der Waals surface area contributed by atoms with Gasteiger partial charge >= 0.3 is 0 Å². The highest BCUT2D eigenvalue weighted by atomic mass is 35.5. The van der Waals surface area contributed by atoms with Crippen molar-refractivity contribution in [2.75, 3.05) is 13.1 Å². The number of hydrogen-bond donors (Lipinski definition) is 1. The minimum atomic E-state index is -3.59. The van der Waals surface area contributed by atoms with Crippen LogP contribution in [0, 0.1) is 0 Å². The topological polar surface area (TPSA) is 83.7 Å². The van der Waals surface area contributed by atoms with Crippen molar-refractivity contribution in [1.82, 2.24) is 9.21 Å². The smallest absolute Gasteiger partial charge is 0.254 e. The molecule has 2 saturated heterocycles. The molecule has 0 aliphatic carbocycles. The van der Waals surface area contributed by atoms with E-state index in [0.717, 1.165) is 38.5 Å². The maximum Gasteiger partial charge on any atom is 0.254 e. The van der Waals surface area contributed by atoms with Gasteiger partial charge in [0.1, 0.15) is 0 Å². The molecular weight excluding hydrogens is 398 g/mol. The molecule has 0 saturated carbocycles. The van der Waals surface area contributed by atoms with Crippen LogP contribution < -0.4 is 5.73 Å². The molecule has 28 heavy (non-hydrogen) atoms. The van der Waals surface area contributed by atoms with Crippen LogP contribution in [0.4, 0.5) is 0 Å². The van der Waals surface area contributed by atoms with Crippen LogP contribution >= 0.6 is 12.4 Å². The fraction of sp³-hybridized carbons (Fsp3) is 0.650. The predicted octanol–water partition coefficient (Wildman–Crippen LogP) is 3.01. The number of likely N-dealkylation sites (tertiary alicyclic amines) is 1. The first-order chi connectivity index (χ1) is 12.8. The van der Waals surface area contributed by atoms with E-state index in [4.69, 9.17) is 5.73 Å². The van der Waals surface area contributed by atoms with E-state index in [0.29, 0.717) is 18.7 Å². The van der Waals surface area contributed by atoms with Gasteiger partial charge in [0.2, 0.25) is 10.0 Å². The molecule has 1 aromatic rings. The molecule has 8 heteroatoms. The summed E-state index contributed by atoms with van der Waals surface area (Å²) >= 11 is 0. The van der Waals surface area contributed by atoms with E-state index >= 15 is 0 Å². The second kappa shape index (κ2) is 9.57. The zero-order valence-electron chi connectivity index (χ0n) is 16.7. The SMILES string of the molecule is CC(N)C1CCCCN1C(=O)c1cccc(S(=O)(=O)N2CCCCC2C)c1.Cl. The standard InChI is InChI=1S/C20H31N3O3S.ClH/c1-15-8-3-6-13-23(15)27(25,26)18-10-7-9-17(14-18)20(24)22-12-5-4-11-19(22)16(2)21;/h7,9-10,14-16,19H,3-6,8,11-13,21H2,1-2H3;1H. The first-order valence-corrected chi connectivity index (χ1v) is 11.4. The fourth-order valence-electron chi connectivity index (χ4n) is 4.28. The van der Waals surface area contributed by atoms with Gasteiger partial charge in [0.15, 0.2) is 0 Å². The monoisotopic (exact) mass is 429 g/mol. The fourth-order valence-corrected chi connectivity index (χ4v) is 6.02. The molecule has 0 aromatic heterocycles. The first kappa shape index (κ1) is 23.1. The van der Waals surface area contributed by atoms with Crippen molar-refractivity contribution in [3.8, 4) is 0 Å². The van der Waals surface area contributed by atoms with Crippen LogP contribution in [0.1, 0.15) is 62.7 Å². The van der Waals surface area contributed by atoms with Crippen LogP contribution in [0.3, 0.4) is 0 Å². The van der Waals surface area contributed by atoms with Crippen LogP contribution in [-0.2, 0) is 10.0 Å². The molecule has 6 nitrogen and oxygen atoms in total. The number of piperidine rings is 2. The summed E-state index contributed by atoms with van der Waals surface area (Å²) in [5.41, 5.74) is 6.51. The third kappa shape index (κ3) is 4.70. The van der Waals surface area contributed by atoms with E-state index in [1.165, 1.54) is 6.07 Å². The van der Waals surface area contributed by atoms with Crippen LogP contribution in [0.5, 0.6) is 0 Å². The Morgan fingerprint density at radius 3 is 2.50 bits per heavy atom. The van der Waals surface area contributed by atoms with Crippen molar-refractivity contribution in [3.05, 3.63) is 29.8 Å². The van der Waals surface area contributed by atoms with Crippen LogP contribution in [-0.4, -0.2) is 54.7 Å². The molecule has 3 rings (SSSR count). The van der Waals surface area contributed by atoms with E-state index in [1.54, 1.807) is 22.5 Å². The summed E-state index contributed by atoms with van der Waals surface area (Å²) in [4.78, 5) is 15.1. The first-order valence-electron chi connectivity index (χ1n) is 10.0. The van der Waals surface area contributed by atoms with E-state index in [-0.39, 0.29) is 41.3 Å². The number of sulfonamides is 1. The van der Waals surface area contributed by atoms with Gasteiger partial charge in [0, 0.05) is 36.8 Å². The normalized spacial score (nSPS) is 25.0. The average molecular weight is 430 g/mol. The Bertz CT molecular complexity index is 785. The second-order valence-electron chi connectivity index (χ2n) is 7.91. The lowest BCUT2D eigenvalue weighted by molar-refractivity contribution is 0.0583. The van der Waals surface area contributed by atoms with Gasteiger partial charge in [0.05, 0.1) is 4.90 Å². The number of nitrogens with two attached hydrogens (primary N) is 1. The Morgan fingerprint density at radius 1 is 1.14 bits per heavy atom. The zero-order chi connectivity index (χ0) is 19.6. The lowest BCUT2D eigenvalue weighted by Crippen LogP contribution is -2.51. The van der Waals surface area contributed by atoms with Crippen LogP contribution in [0.25, 0.3) is 0 Å². The molecule has 0 bridgehead atoms. The molecule has 2 aliphatic heterocycles. The van der Waals surface area contributed by atoms with Gasteiger partial charge in [-0.1, -0.05) is 12.5 Å². The van der Waals surface area contributed by atoms with Crippen molar-refractivity contribution in [3.63, 3.8) is 0 Å². The van der Waals surface area contributed by atoms with Crippen molar-refractivity contribution < 1.29 is 13.2 Å². The molecule has 3 unspecified atom stereocenters. The summed E-state index contributed by atoms with van der Waals surface area (Å²) in [6, 6.07) is 6.39. The summed E-state index contributed by atoms with van der Waals surface area (Å²) in [6.45, 7) is 5.09. The van der Waals surface area contributed by atoms with Crippen LogP contribution in [0.15, 0.2) is 29.2 Å². The maximum atomic E-state index is 13.1. The van der Waals surface area contributed by atoms with E-state index in [2.05, 4.69) is 0 Å². The highest BCUT2D eigenvalue weighted by Gasteiger charge is 2.33. The van der Waals surface area contributed by atoms with Gasteiger partial charge in [-0.3, -0.25) is 4.79 Å². The molecule has 2 aliphatic rings. The zero-order valence-corrected chi connectivity index (χ0v) is 18.3. The van der Waals surface area contributed by atoms with Gasteiger partial charge in [-0.25, -0.2) is 8.42 Å². The molecular formula is C20H32ClN3O3S. The molecule has 158 valence electrons. The molecule has 2 heterocycles. The Morgan fingerprint density at radius 2 is 1.82 bits per heavy atom. The summed E-state index contributed by atoms with van der Waals surface area (Å²) in [5, 5.41) is 0. The van der Waals surface area contributed by atoms with Crippen molar-refractivity contribution in [2.24, 2.45) is 5.73 Å². The van der Waals surface area contributed by atoms with Gasteiger partial charge in [-0.05, 0) is 64.2 Å². The highest BCUT2D eigenvalue weighted by molar-refractivity contribution is 7.89. The predicted molar refractivity (Wildman–Crippen MR) is 113 cm³/mol. The Balaban J connectivity index is 0.00000280. The average Bonchev–Trinajstić information content (AvgIpc) is 2.67. The summed E-state index contributed by atoms with van der Waals surface area (Å²) in [5.74, 6) is -0.124. The van der Waals surface area contributed by atoms with Crippen molar-refractivity contribution >= 4 is 28.3 Å². The number of rotatable bonds is 4. The largest absolute Gasteiger partial charge is 0.334 e. The minimum Gasteiger partial charge on any atom is -0.334 e. The molecule has 3 atom stereocenters. The van der Waals surface area contributed by atoms with Gasteiger partial charge in [-0.15, -0.1) is 12.4 Å². The Kier molecular flexibility index (Phi) is 7.90. The molecule has 1 amide bonds. The number of nitrogens with zero attached hydrogens (tertiary/aromatic N) is 2. The minimum absolute atomic E-state index is 0. The summed E-state index contributed by atoms with van der Waals surface area (Å²) in [7, 11) is -3.59. The highest BCUT2D eigenvalue weighted by Crippen LogP contribution is 2.27. The second-order valence-corrected chi connectivity index (χ2v) is 9.80. The Labute approximate surface area is 174 Å². The molecule has 0 spiro atoms. The third-order valence-corrected chi connectivity index (χ3v) is 7.86. The lowest BCUT2D eigenvalue weighted by Gasteiger charge is -2.38. The van der Waals surface area contributed by atoms with Gasteiger partial charge in [0.25, 0.3) is 5.91 Å². The quantitative estimate of drug-likeness (QED) is 0.797. The molecule has 0 radical (unpaired) electrons. The molecule has 1 aromatic carbocycles. The number of amides is 1. The number of halogens is 1. The van der Waals surface area contributed by atoms with Crippen molar-refractivity contribution in [1.29, 1.82) is 0 Å². The van der Waals surface area contributed by atoms with E-state index < -0.39 is 10.0 Å². The molecule has 2 N–H and O–H groups in total. The van der Waals surface area contributed by atoms with Crippen LogP contribution in [0.2, 0.25) is 0 Å². The van der Waals surface area contributed by atoms with Crippen molar-refractivity contribution in [2.45, 2.75) is 75.4 Å². The van der Waals surface area contributed by atoms with E-state index in [1.807, 2.05) is 18.7 Å².